The highest BCUT2D eigenvalue weighted by atomic mass is 16.7. The summed E-state index contributed by atoms with van der Waals surface area (Å²) in [5.41, 5.74) is -8.53. The van der Waals surface area contributed by atoms with Gasteiger partial charge in [-0.2, -0.15) is 0 Å². The Morgan fingerprint density at radius 2 is 1.30 bits per heavy atom. The average molecular weight is 939 g/mol. The van der Waals surface area contributed by atoms with Gasteiger partial charge in [0.2, 0.25) is 0 Å². The van der Waals surface area contributed by atoms with Gasteiger partial charge in [-0.15, -0.1) is 0 Å². The Labute approximate surface area is 387 Å². The Morgan fingerprint density at radius 3 is 1.90 bits per heavy atom. The summed E-state index contributed by atoms with van der Waals surface area (Å²) in [7, 11) is 0. The number of fused-ring (bicyclic) bond motifs is 3. The Balaban J connectivity index is 0.869. The molecule has 18 unspecified atom stereocenters. The van der Waals surface area contributed by atoms with Crippen LogP contribution < -0.4 is 0 Å². The van der Waals surface area contributed by atoms with Gasteiger partial charge in [0, 0.05) is 67.6 Å². The van der Waals surface area contributed by atoms with Gasteiger partial charge in [0.15, 0.2) is 53.4 Å². The average Bonchev–Trinajstić information content (AvgIpc) is 3.26. The van der Waals surface area contributed by atoms with Crippen molar-refractivity contribution in [3.8, 4) is 5.75 Å². The van der Waals surface area contributed by atoms with E-state index in [1.807, 2.05) is 13.8 Å². The largest absolute Gasteiger partial charge is 0.507 e. The number of phenols is 1. The number of carbonyl (C=O) groups excluding carboxylic acids is 5. The highest BCUT2D eigenvalue weighted by Crippen LogP contribution is 2.53. The number of hydrogen-bond donors (Lipinski definition) is 5. The number of hydrogen-bond acceptors (Lipinski definition) is 18. The number of aliphatic hydroxyl groups excluding tert-OH is 2. The first kappa shape index (κ1) is 48.4. The molecule has 3 aliphatic carbocycles. The monoisotopic (exact) mass is 938 g/mol. The van der Waals surface area contributed by atoms with Crippen molar-refractivity contribution in [2.75, 3.05) is 0 Å². The maximum Gasteiger partial charge on any atom is 0.198 e. The zero-order valence-electron chi connectivity index (χ0n) is 38.6. The van der Waals surface area contributed by atoms with E-state index < -0.39 is 143 Å². The zero-order chi connectivity index (χ0) is 48.1. The van der Waals surface area contributed by atoms with Crippen LogP contribution in [0.4, 0.5) is 0 Å². The number of ketones is 5. The van der Waals surface area contributed by atoms with Gasteiger partial charge >= 0.3 is 0 Å². The first-order chi connectivity index (χ1) is 31.6. The van der Waals surface area contributed by atoms with Gasteiger partial charge in [0.05, 0.1) is 59.5 Å². The smallest absolute Gasteiger partial charge is 0.198 e. The van der Waals surface area contributed by atoms with Crippen molar-refractivity contribution < 1.29 is 87.4 Å². The summed E-state index contributed by atoms with van der Waals surface area (Å²) in [5, 5.41) is 59.5. The van der Waals surface area contributed by atoms with E-state index in [-0.39, 0.29) is 41.3 Å². The third-order valence-corrected chi connectivity index (χ3v) is 15.4. The van der Waals surface area contributed by atoms with Gasteiger partial charge in [0.1, 0.15) is 35.8 Å². The minimum Gasteiger partial charge on any atom is -0.507 e. The fraction of sp³-hybridized carbons (Fsp3) is 0.694. The van der Waals surface area contributed by atoms with E-state index >= 15 is 0 Å². The Hall–Kier alpha value is -3.63. The molecule has 67 heavy (non-hydrogen) atoms. The maximum atomic E-state index is 14.5. The second-order valence-corrected chi connectivity index (χ2v) is 20.1. The molecule has 1 aromatic rings. The Kier molecular flexibility index (Phi) is 13.0. The maximum absolute atomic E-state index is 14.5. The fourth-order valence-corrected chi connectivity index (χ4v) is 11.7. The van der Waals surface area contributed by atoms with E-state index in [0.29, 0.717) is 51.4 Å². The highest BCUT2D eigenvalue weighted by Gasteiger charge is 2.67. The van der Waals surface area contributed by atoms with E-state index in [1.165, 1.54) is 12.1 Å². The molecular weight excluding hydrogens is 877 g/mol. The van der Waals surface area contributed by atoms with Crippen LogP contribution in [0.3, 0.4) is 0 Å². The molecule has 18 heteroatoms. The minimum absolute atomic E-state index is 0.0202. The van der Waals surface area contributed by atoms with Gasteiger partial charge in [-0.3, -0.25) is 24.0 Å². The number of benzene rings is 1. The molecule has 9 rings (SSSR count). The van der Waals surface area contributed by atoms with Crippen molar-refractivity contribution in [1.82, 2.24) is 0 Å². The molecule has 5 saturated heterocycles. The summed E-state index contributed by atoms with van der Waals surface area (Å²) in [5.74, 6) is -4.18. The van der Waals surface area contributed by atoms with Crippen LogP contribution in [-0.2, 0) is 52.3 Å². The lowest BCUT2D eigenvalue weighted by Crippen LogP contribution is -2.69. The zero-order valence-corrected chi connectivity index (χ0v) is 38.6. The number of rotatable bonds is 8. The fourth-order valence-electron chi connectivity index (χ4n) is 11.7. The number of allylic oxidation sites excluding steroid dienone is 2. The number of aliphatic hydroxyl groups is 4. The molecule has 1 aromatic carbocycles. The second kappa shape index (κ2) is 18.0. The summed E-state index contributed by atoms with van der Waals surface area (Å²) in [6.07, 6.45) is -5.29. The molecule has 0 aromatic heterocycles. The number of carbonyl (C=O) groups is 5. The van der Waals surface area contributed by atoms with E-state index in [9.17, 15) is 49.5 Å². The number of ether oxygens (including phenoxy) is 8. The van der Waals surface area contributed by atoms with Crippen LogP contribution in [0.15, 0.2) is 35.4 Å². The quantitative estimate of drug-likeness (QED) is 0.251. The summed E-state index contributed by atoms with van der Waals surface area (Å²) in [4.78, 5) is 66.9. The van der Waals surface area contributed by atoms with E-state index in [1.54, 1.807) is 27.7 Å². The summed E-state index contributed by atoms with van der Waals surface area (Å²) >= 11 is 0. The third kappa shape index (κ3) is 8.41. The third-order valence-electron chi connectivity index (χ3n) is 15.4. The van der Waals surface area contributed by atoms with Gasteiger partial charge < -0.3 is 63.4 Å². The van der Waals surface area contributed by atoms with E-state index in [2.05, 4.69) is 0 Å². The van der Waals surface area contributed by atoms with E-state index in [0.717, 1.165) is 12.2 Å². The van der Waals surface area contributed by atoms with Crippen LogP contribution in [0.1, 0.15) is 138 Å². The molecule has 5 heterocycles. The van der Waals surface area contributed by atoms with Crippen molar-refractivity contribution >= 4 is 28.9 Å². The minimum atomic E-state index is -2.86. The number of phenolic OH excluding ortho intramolecular Hbond substituents is 1. The van der Waals surface area contributed by atoms with Crippen LogP contribution in [0.2, 0.25) is 0 Å². The standard InChI is InChI=1S/C49H62O18/c1-21-29(50)9-14-35(61-21)65-31-11-12-33(60-23(31)3)38-25(5)64-46(45(57)44(38)56)28-8-7-26-39(42(28)54)41(53)27-17-18-48(58)20-47(6,19-34(52)49(48,59)40(27)43(26)55)67-37-16-13-32(24(4)63-37)66-36-15-10-30(51)22(2)62-36/h7-8,17-18,21-25,31-33,35-38,44-46,54,56-59H,9-16,19-20H2,1-6H3. The molecule has 18 atom stereocenters. The molecule has 18 nitrogen and oxygen atoms in total. The van der Waals surface area contributed by atoms with Crippen LogP contribution in [-0.4, -0.2) is 151 Å². The molecule has 5 aliphatic heterocycles. The first-order valence-electron chi connectivity index (χ1n) is 23.7. The topological polar surface area (TPSA) is 260 Å². The predicted molar refractivity (Wildman–Crippen MR) is 229 cm³/mol. The van der Waals surface area contributed by atoms with Crippen molar-refractivity contribution in [3.63, 3.8) is 0 Å². The Bertz CT molecular complexity index is 2260. The molecular formula is C49H62O18. The molecule has 0 spiro atoms. The molecule has 0 amide bonds. The van der Waals surface area contributed by atoms with Gasteiger partial charge in [0.25, 0.3) is 0 Å². The van der Waals surface area contributed by atoms with Crippen molar-refractivity contribution in [3.05, 3.63) is 52.1 Å². The lowest BCUT2D eigenvalue weighted by atomic mass is 9.57. The van der Waals surface area contributed by atoms with Crippen LogP contribution in [0.25, 0.3) is 0 Å². The molecule has 0 bridgehead atoms. The normalized spacial score (nSPS) is 44.9. The van der Waals surface area contributed by atoms with Crippen LogP contribution >= 0.6 is 0 Å². The van der Waals surface area contributed by atoms with Crippen LogP contribution in [0, 0.1) is 5.92 Å². The number of aromatic hydroxyl groups is 1. The lowest BCUT2D eigenvalue weighted by molar-refractivity contribution is -0.296. The van der Waals surface area contributed by atoms with E-state index in [4.69, 9.17) is 37.9 Å². The van der Waals surface area contributed by atoms with Crippen molar-refractivity contribution in [2.45, 2.75) is 209 Å². The summed E-state index contributed by atoms with van der Waals surface area (Å²) in [6.45, 7) is 10.3. The second-order valence-electron chi connectivity index (χ2n) is 20.1. The van der Waals surface area contributed by atoms with Crippen molar-refractivity contribution in [2.24, 2.45) is 5.92 Å². The SMILES string of the molecule is CC1OC(OC2CCC(OC3(C)CC(=O)C4(O)C5=C(C=CC4(O)C3)C(=O)c3c(ccc(C4OC(C)C(C6CCC(OC7CCC(=O)C(C)O7)C(C)O6)C(O)C4O)c3O)C5=O)OC2C)CCC1=O. The van der Waals surface area contributed by atoms with Crippen LogP contribution in [0.5, 0.6) is 5.75 Å². The highest BCUT2D eigenvalue weighted by molar-refractivity contribution is 6.32. The number of Topliss-reactive ketones (excluding diaryl/α,β-unsaturated/α-hetero) is 5. The molecule has 5 N–H and O–H groups in total. The van der Waals surface area contributed by atoms with Gasteiger partial charge in [-0.25, -0.2) is 0 Å². The first-order valence-corrected chi connectivity index (χ1v) is 23.7. The summed E-state index contributed by atoms with van der Waals surface area (Å²) in [6, 6.07) is 2.51. The predicted octanol–water partition coefficient (Wildman–Crippen LogP) is 3.09. The lowest BCUT2D eigenvalue weighted by Gasteiger charge is -2.53. The van der Waals surface area contributed by atoms with Gasteiger partial charge in [-0.1, -0.05) is 12.1 Å². The molecule has 0 radical (unpaired) electrons. The molecule has 6 fully saturated rings. The summed E-state index contributed by atoms with van der Waals surface area (Å²) < 4.78 is 48.9. The van der Waals surface area contributed by atoms with Crippen molar-refractivity contribution in [1.29, 1.82) is 0 Å². The van der Waals surface area contributed by atoms with Gasteiger partial charge in [-0.05, 0) is 72.9 Å². The molecule has 366 valence electrons. The molecule has 1 saturated carbocycles. The Morgan fingerprint density at radius 1 is 0.687 bits per heavy atom. The molecule has 8 aliphatic rings.